The maximum atomic E-state index is 15.5. The van der Waals surface area contributed by atoms with Gasteiger partial charge in [0.05, 0.1) is 7.11 Å². The van der Waals surface area contributed by atoms with Gasteiger partial charge in [-0.1, -0.05) is 66.7 Å². The van der Waals surface area contributed by atoms with Gasteiger partial charge in [0.1, 0.15) is 29.1 Å². The molecular weight excluding hydrogens is 460 g/mol. The number of ether oxygens (including phenoxy) is 2. The van der Waals surface area contributed by atoms with Crippen LogP contribution in [0.2, 0.25) is 0 Å². The smallest absolute Gasteiger partial charge is 0.343 e. The summed E-state index contributed by atoms with van der Waals surface area (Å²) in [5.41, 5.74) is 1.63. The summed E-state index contributed by atoms with van der Waals surface area (Å²) in [6.45, 7) is 1.34. The second-order valence-corrected chi connectivity index (χ2v) is 9.22. The maximum absolute atomic E-state index is 15.5. The molecule has 0 saturated carbocycles. The molecule has 4 aromatic carbocycles. The first-order valence-corrected chi connectivity index (χ1v) is 11.9. The molecule has 0 amide bonds. The summed E-state index contributed by atoms with van der Waals surface area (Å²) in [5, 5.41) is 2.41. The minimum absolute atomic E-state index is 0.226. The number of halogens is 2. The zero-order chi connectivity index (χ0) is 25.2. The van der Waals surface area contributed by atoms with E-state index >= 15 is 4.39 Å². The Hall–Kier alpha value is -3.77. The van der Waals surface area contributed by atoms with Gasteiger partial charge in [0.15, 0.2) is 0 Å². The Kier molecular flexibility index (Phi) is 6.70. The second-order valence-electron chi connectivity index (χ2n) is 9.22. The number of carbonyl (C=O) groups excluding carboxylic acids is 1. The molecule has 1 aliphatic rings. The summed E-state index contributed by atoms with van der Waals surface area (Å²) in [7, 11) is 3.15. The molecule has 2 atom stereocenters. The summed E-state index contributed by atoms with van der Waals surface area (Å²) >= 11 is 0. The fourth-order valence-corrected chi connectivity index (χ4v) is 5.16. The summed E-state index contributed by atoms with van der Waals surface area (Å²) in [6.07, 6.45) is 0.260. The number of esters is 1. The van der Waals surface area contributed by atoms with Gasteiger partial charge in [-0.05, 0) is 47.5 Å². The van der Waals surface area contributed by atoms with E-state index in [1.54, 1.807) is 0 Å². The molecule has 0 N–H and O–H groups in total. The van der Waals surface area contributed by atoms with Crippen LogP contribution in [0.3, 0.4) is 0 Å². The molecule has 6 heteroatoms. The van der Waals surface area contributed by atoms with Crippen molar-refractivity contribution >= 4 is 16.7 Å². The molecule has 0 radical (unpaired) electrons. The van der Waals surface area contributed by atoms with Crippen LogP contribution in [-0.4, -0.2) is 37.7 Å². The van der Waals surface area contributed by atoms with Gasteiger partial charge >= 0.3 is 5.97 Å². The SMILES string of the molecule is COC(=O)c1c(F)ccc(C2CC(CN(C)Cc3cccc4ccccc34)Oc3ccccc32)c1F. The molecule has 184 valence electrons. The molecule has 1 aliphatic heterocycles. The largest absolute Gasteiger partial charge is 0.489 e. The minimum atomic E-state index is -1.03. The fourth-order valence-electron chi connectivity index (χ4n) is 5.16. The van der Waals surface area contributed by atoms with Crippen molar-refractivity contribution in [2.45, 2.75) is 25.0 Å². The van der Waals surface area contributed by atoms with E-state index in [1.165, 1.54) is 22.4 Å². The molecule has 0 saturated heterocycles. The number of hydrogen-bond acceptors (Lipinski definition) is 4. The Morgan fingerprint density at radius 2 is 1.72 bits per heavy atom. The van der Waals surface area contributed by atoms with Gasteiger partial charge < -0.3 is 9.47 Å². The van der Waals surface area contributed by atoms with E-state index in [9.17, 15) is 9.18 Å². The quantitative estimate of drug-likeness (QED) is 0.299. The number of hydrogen-bond donors (Lipinski definition) is 0. The number of rotatable bonds is 6. The molecule has 2 unspecified atom stereocenters. The number of benzene rings is 4. The first kappa shape index (κ1) is 23.9. The topological polar surface area (TPSA) is 38.8 Å². The zero-order valence-corrected chi connectivity index (χ0v) is 20.2. The number of carbonyl (C=O) groups is 1. The molecule has 5 rings (SSSR count). The minimum Gasteiger partial charge on any atom is -0.489 e. The Labute approximate surface area is 209 Å². The van der Waals surface area contributed by atoms with Crippen LogP contribution in [-0.2, 0) is 11.3 Å². The summed E-state index contributed by atoms with van der Waals surface area (Å²) in [4.78, 5) is 14.3. The molecule has 0 fully saturated rings. The normalized spacial score (nSPS) is 17.0. The number of fused-ring (bicyclic) bond motifs is 2. The first-order valence-electron chi connectivity index (χ1n) is 11.9. The lowest BCUT2D eigenvalue weighted by molar-refractivity contribution is 0.0589. The molecule has 0 bridgehead atoms. The average Bonchev–Trinajstić information content (AvgIpc) is 2.88. The van der Waals surface area contributed by atoms with Gasteiger partial charge in [-0.15, -0.1) is 0 Å². The fraction of sp³-hybridized carbons (Fsp3) is 0.233. The van der Waals surface area contributed by atoms with Crippen molar-refractivity contribution < 1.29 is 23.0 Å². The third-order valence-corrected chi connectivity index (χ3v) is 6.81. The lowest BCUT2D eigenvalue weighted by Gasteiger charge is -2.35. The maximum Gasteiger partial charge on any atom is 0.343 e. The van der Waals surface area contributed by atoms with Crippen LogP contribution >= 0.6 is 0 Å². The Morgan fingerprint density at radius 1 is 0.972 bits per heavy atom. The first-order chi connectivity index (χ1) is 17.5. The summed E-state index contributed by atoms with van der Waals surface area (Å²) in [6, 6.07) is 24.6. The number of para-hydroxylation sites is 1. The lowest BCUT2D eigenvalue weighted by Crippen LogP contribution is -2.37. The highest BCUT2D eigenvalue weighted by atomic mass is 19.1. The van der Waals surface area contributed by atoms with Crippen molar-refractivity contribution in [1.29, 1.82) is 0 Å². The van der Waals surface area contributed by atoms with Gasteiger partial charge in [0.2, 0.25) is 0 Å². The Morgan fingerprint density at radius 3 is 2.56 bits per heavy atom. The highest BCUT2D eigenvalue weighted by molar-refractivity contribution is 5.90. The average molecular weight is 488 g/mol. The van der Waals surface area contributed by atoms with E-state index in [4.69, 9.17) is 4.74 Å². The van der Waals surface area contributed by atoms with Crippen molar-refractivity contribution in [1.82, 2.24) is 4.90 Å². The third-order valence-electron chi connectivity index (χ3n) is 6.81. The highest BCUT2D eigenvalue weighted by Gasteiger charge is 2.33. The van der Waals surface area contributed by atoms with Crippen LogP contribution < -0.4 is 4.74 Å². The molecule has 0 aliphatic carbocycles. The summed E-state index contributed by atoms with van der Waals surface area (Å²) < 4.78 is 40.7. The monoisotopic (exact) mass is 487 g/mol. The van der Waals surface area contributed by atoms with Gasteiger partial charge in [0.25, 0.3) is 0 Å². The Balaban J connectivity index is 1.42. The lowest BCUT2D eigenvalue weighted by atomic mass is 9.83. The van der Waals surface area contributed by atoms with E-state index in [-0.39, 0.29) is 11.7 Å². The van der Waals surface area contributed by atoms with Crippen molar-refractivity contribution in [2.75, 3.05) is 20.7 Å². The summed E-state index contributed by atoms with van der Waals surface area (Å²) in [5.74, 6) is -2.57. The zero-order valence-electron chi connectivity index (χ0n) is 20.2. The molecule has 4 nitrogen and oxygen atoms in total. The highest BCUT2D eigenvalue weighted by Crippen LogP contribution is 2.42. The van der Waals surface area contributed by atoms with Gasteiger partial charge in [-0.25, -0.2) is 13.6 Å². The van der Waals surface area contributed by atoms with E-state index in [0.29, 0.717) is 18.7 Å². The van der Waals surface area contributed by atoms with Crippen molar-refractivity contribution in [3.8, 4) is 5.75 Å². The van der Waals surface area contributed by atoms with Crippen LogP contribution in [0.1, 0.15) is 39.4 Å². The third kappa shape index (κ3) is 4.56. The molecule has 0 spiro atoms. The molecule has 0 aromatic heterocycles. The van der Waals surface area contributed by atoms with Crippen LogP contribution in [0.4, 0.5) is 8.78 Å². The Bertz CT molecular complexity index is 1420. The van der Waals surface area contributed by atoms with Crippen molar-refractivity contribution in [3.63, 3.8) is 0 Å². The number of methoxy groups -OCH3 is 1. The second kappa shape index (κ2) is 10.1. The van der Waals surface area contributed by atoms with E-state index in [2.05, 4.69) is 40.0 Å². The molecule has 1 heterocycles. The predicted octanol–water partition coefficient (Wildman–Crippen LogP) is 6.32. The standard InChI is InChI=1S/C30H27F2NO3/c1-33(17-20-10-7-9-19-8-3-4-11-22(19)20)18-21-16-25(23-12-5-6-13-27(23)36-21)24-14-15-26(31)28(29(24)32)30(34)35-2/h3-15,21,25H,16-18H2,1-2H3. The van der Waals surface area contributed by atoms with Crippen LogP contribution in [0.15, 0.2) is 78.9 Å². The van der Waals surface area contributed by atoms with E-state index in [1.807, 2.05) is 43.4 Å². The van der Waals surface area contributed by atoms with Gasteiger partial charge in [0, 0.05) is 24.6 Å². The van der Waals surface area contributed by atoms with Crippen LogP contribution in [0, 0.1) is 11.6 Å². The molecule has 4 aromatic rings. The predicted molar refractivity (Wildman–Crippen MR) is 135 cm³/mol. The van der Waals surface area contributed by atoms with Crippen LogP contribution in [0.25, 0.3) is 10.8 Å². The van der Waals surface area contributed by atoms with Crippen molar-refractivity contribution in [3.05, 3.63) is 113 Å². The van der Waals surface area contributed by atoms with E-state index < -0.39 is 29.1 Å². The van der Waals surface area contributed by atoms with E-state index in [0.717, 1.165) is 25.3 Å². The number of likely N-dealkylation sites (N-methyl/N-ethyl adjacent to an activating group) is 1. The van der Waals surface area contributed by atoms with Gasteiger partial charge in [-0.3, -0.25) is 4.90 Å². The van der Waals surface area contributed by atoms with Crippen LogP contribution in [0.5, 0.6) is 5.75 Å². The van der Waals surface area contributed by atoms with Crippen molar-refractivity contribution in [2.24, 2.45) is 0 Å². The number of nitrogens with zero attached hydrogens (tertiary/aromatic N) is 1. The molecular formula is C30H27F2NO3. The molecule has 36 heavy (non-hydrogen) atoms. The van der Waals surface area contributed by atoms with Gasteiger partial charge in [-0.2, -0.15) is 0 Å².